The van der Waals surface area contributed by atoms with E-state index in [2.05, 4.69) is 5.32 Å². The smallest absolute Gasteiger partial charge is 0.282 e. The zero-order chi connectivity index (χ0) is 23.0. The third-order valence-corrected chi connectivity index (χ3v) is 5.62. The normalized spacial score (nSPS) is 13.7. The Morgan fingerprint density at radius 2 is 1.62 bits per heavy atom. The van der Waals surface area contributed by atoms with Crippen LogP contribution in [0.25, 0.3) is 5.57 Å². The fraction of sp³-hybridized carbons (Fsp3) is 0.120. The Hall–Kier alpha value is -3.64. The molecule has 0 aliphatic carbocycles. The Morgan fingerprint density at radius 3 is 2.28 bits per heavy atom. The van der Waals surface area contributed by atoms with Crippen LogP contribution in [0.2, 0.25) is 5.02 Å². The van der Waals surface area contributed by atoms with E-state index in [1.165, 1.54) is 31.4 Å². The Balaban J connectivity index is 1.87. The molecule has 1 aliphatic heterocycles. The number of hydrogen-bond donors (Lipinski definition) is 1. The van der Waals surface area contributed by atoms with Gasteiger partial charge in [-0.3, -0.25) is 9.59 Å². The Kier molecular flexibility index (Phi) is 5.72. The SMILES string of the molecule is COc1ccc(Cl)cc1NC1=C(c2ccc(C)c(C)c2)C(=O)N(c2ccc(F)cc2)C1=O. The van der Waals surface area contributed by atoms with Crippen molar-refractivity contribution in [1.82, 2.24) is 0 Å². The highest BCUT2D eigenvalue weighted by Crippen LogP contribution is 2.37. The summed E-state index contributed by atoms with van der Waals surface area (Å²) in [5.74, 6) is -1.07. The van der Waals surface area contributed by atoms with Crippen LogP contribution in [-0.4, -0.2) is 18.9 Å². The Bertz CT molecular complexity index is 1270. The number of halogens is 2. The first-order valence-corrected chi connectivity index (χ1v) is 10.2. The largest absolute Gasteiger partial charge is 0.495 e. The molecule has 0 saturated carbocycles. The van der Waals surface area contributed by atoms with Crippen LogP contribution in [0.3, 0.4) is 0 Å². The fourth-order valence-electron chi connectivity index (χ4n) is 3.55. The van der Waals surface area contributed by atoms with Crippen molar-refractivity contribution < 1.29 is 18.7 Å². The summed E-state index contributed by atoms with van der Waals surface area (Å²) in [6.07, 6.45) is 0. The van der Waals surface area contributed by atoms with Gasteiger partial charge in [-0.15, -0.1) is 0 Å². The minimum atomic E-state index is -0.558. The summed E-state index contributed by atoms with van der Waals surface area (Å²) >= 11 is 6.15. The first-order chi connectivity index (χ1) is 15.3. The van der Waals surface area contributed by atoms with E-state index in [-0.39, 0.29) is 17.0 Å². The van der Waals surface area contributed by atoms with Gasteiger partial charge in [-0.25, -0.2) is 9.29 Å². The zero-order valence-corrected chi connectivity index (χ0v) is 18.5. The van der Waals surface area contributed by atoms with Gasteiger partial charge in [0.2, 0.25) is 0 Å². The van der Waals surface area contributed by atoms with Crippen LogP contribution in [0, 0.1) is 19.7 Å². The van der Waals surface area contributed by atoms with Gasteiger partial charge in [-0.2, -0.15) is 0 Å². The molecule has 3 aromatic rings. The molecule has 0 bridgehead atoms. The number of carbonyl (C=O) groups excluding carboxylic acids is 2. The number of nitrogens with one attached hydrogen (secondary N) is 1. The van der Waals surface area contributed by atoms with Gasteiger partial charge < -0.3 is 10.1 Å². The predicted molar refractivity (Wildman–Crippen MR) is 123 cm³/mol. The van der Waals surface area contributed by atoms with Gasteiger partial charge in [-0.05, 0) is 73.0 Å². The topological polar surface area (TPSA) is 58.6 Å². The van der Waals surface area contributed by atoms with Crippen LogP contribution in [0.1, 0.15) is 16.7 Å². The molecule has 4 rings (SSSR count). The van der Waals surface area contributed by atoms with E-state index >= 15 is 0 Å². The number of benzene rings is 3. The molecule has 0 unspecified atom stereocenters. The number of imide groups is 1. The first-order valence-electron chi connectivity index (χ1n) is 9.87. The zero-order valence-electron chi connectivity index (χ0n) is 17.7. The molecule has 2 amide bonds. The standard InChI is InChI=1S/C25H20ClFN2O3/c1-14-4-5-16(12-15(14)2)22-23(28-20-13-17(26)6-11-21(20)32-3)25(31)29(24(22)30)19-9-7-18(27)8-10-19/h4-13,28H,1-3H3. The molecule has 0 atom stereocenters. The molecule has 1 N–H and O–H groups in total. The number of aryl methyl sites for hydroxylation is 2. The molecule has 0 aromatic heterocycles. The summed E-state index contributed by atoms with van der Waals surface area (Å²) in [5.41, 5.74) is 3.66. The van der Waals surface area contributed by atoms with Gasteiger partial charge in [-0.1, -0.05) is 29.8 Å². The van der Waals surface area contributed by atoms with Crippen LogP contribution < -0.4 is 15.0 Å². The lowest BCUT2D eigenvalue weighted by Crippen LogP contribution is -2.32. The maximum Gasteiger partial charge on any atom is 0.282 e. The van der Waals surface area contributed by atoms with Crippen molar-refractivity contribution in [2.24, 2.45) is 0 Å². The molecule has 0 radical (unpaired) electrons. The molecule has 1 heterocycles. The highest BCUT2D eigenvalue weighted by atomic mass is 35.5. The minimum absolute atomic E-state index is 0.0862. The number of methoxy groups -OCH3 is 1. The quantitative estimate of drug-likeness (QED) is 0.521. The molecule has 0 spiro atoms. The summed E-state index contributed by atoms with van der Waals surface area (Å²) in [7, 11) is 1.50. The highest BCUT2D eigenvalue weighted by Gasteiger charge is 2.40. The average molecular weight is 451 g/mol. The van der Waals surface area contributed by atoms with Crippen LogP contribution in [0.5, 0.6) is 5.75 Å². The van der Waals surface area contributed by atoms with E-state index in [4.69, 9.17) is 16.3 Å². The van der Waals surface area contributed by atoms with Gasteiger partial charge in [0, 0.05) is 5.02 Å². The molecular weight excluding hydrogens is 431 g/mol. The maximum absolute atomic E-state index is 13.5. The fourth-order valence-corrected chi connectivity index (χ4v) is 3.72. The lowest BCUT2D eigenvalue weighted by atomic mass is 9.99. The van der Waals surface area contributed by atoms with Crippen molar-refractivity contribution in [2.75, 3.05) is 17.3 Å². The molecule has 5 nitrogen and oxygen atoms in total. The second kappa shape index (κ2) is 8.48. The minimum Gasteiger partial charge on any atom is -0.495 e. The molecular formula is C25H20ClFN2O3. The van der Waals surface area contributed by atoms with Gasteiger partial charge in [0.25, 0.3) is 11.8 Å². The first kappa shape index (κ1) is 21.6. The van der Waals surface area contributed by atoms with E-state index in [0.29, 0.717) is 22.0 Å². The molecule has 1 aliphatic rings. The van der Waals surface area contributed by atoms with Crippen LogP contribution in [0.4, 0.5) is 15.8 Å². The Morgan fingerprint density at radius 1 is 0.906 bits per heavy atom. The molecule has 0 fully saturated rings. The van der Waals surface area contributed by atoms with Crippen LogP contribution in [0.15, 0.2) is 66.4 Å². The van der Waals surface area contributed by atoms with Crippen molar-refractivity contribution in [3.8, 4) is 5.75 Å². The summed E-state index contributed by atoms with van der Waals surface area (Å²) in [6.45, 7) is 3.90. The van der Waals surface area contributed by atoms with Crippen molar-refractivity contribution in [3.63, 3.8) is 0 Å². The summed E-state index contributed by atoms with van der Waals surface area (Å²) in [4.78, 5) is 28.0. The number of carbonyl (C=O) groups is 2. The van der Waals surface area contributed by atoms with Crippen LogP contribution >= 0.6 is 11.6 Å². The van der Waals surface area contributed by atoms with Crippen LogP contribution in [-0.2, 0) is 9.59 Å². The van der Waals surface area contributed by atoms with Gasteiger partial charge in [0.05, 0.1) is 24.1 Å². The van der Waals surface area contributed by atoms with Crippen molar-refractivity contribution >= 4 is 40.4 Å². The van der Waals surface area contributed by atoms with Gasteiger partial charge in [0.15, 0.2) is 0 Å². The number of rotatable bonds is 5. The second-order valence-electron chi connectivity index (χ2n) is 7.44. The van der Waals surface area contributed by atoms with E-state index in [0.717, 1.165) is 16.0 Å². The number of nitrogens with zero attached hydrogens (tertiary/aromatic N) is 1. The van der Waals surface area contributed by atoms with Crippen molar-refractivity contribution in [3.05, 3.63) is 93.9 Å². The molecule has 162 valence electrons. The summed E-state index contributed by atoms with van der Waals surface area (Å²) < 4.78 is 18.8. The number of anilines is 2. The second-order valence-corrected chi connectivity index (χ2v) is 7.88. The molecule has 7 heteroatoms. The average Bonchev–Trinajstić information content (AvgIpc) is 3.01. The Labute approximate surface area is 190 Å². The highest BCUT2D eigenvalue weighted by molar-refractivity contribution is 6.46. The van der Waals surface area contributed by atoms with Crippen molar-refractivity contribution in [2.45, 2.75) is 13.8 Å². The van der Waals surface area contributed by atoms with Gasteiger partial charge in [0.1, 0.15) is 17.3 Å². The summed E-state index contributed by atoms with van der Waals surface area (Å²) in [5, 5.41) is 3.50. The van der Waals surface area contributed by atoms with Gasteiger partial charge >= 0.3 is 0 Å². The molecule has 32 heavy (non-hydrogen) atoms. The lowest BCUT2D eigenvalue weighted by molar-refractivity contribution is -0.120. The number of hydrogen-bond acceptors (Lipinski definition) is 4. The molecule has 3 aromatic carbocycles. The van der Waals surface area contributed by atoms with E-state index in [1.54, 1.807) is 24.3 Å². The van der Waals surface area contributed by atoms with Crippen molar-refractivity contribution in [1.29, 1.82) is 0 Å². The third kappa shape index (κ3) is 3.85. The lowest BCUT2D eigenvalue weighted by Gasteiger charge is -2.16. The maximum atomic E-state index is 13.5. The monoisotopic (exact) mass is 450 g/mol. The number of amides is 2. The van der Waals surface area contributed by atoms with E-state index < -0.39 is 17.6 Å². The predicted octanol–water partition coefficient (Wildman–Crippen LogP) is 5.50. The number of ether oxygens (including phenoxy) is 1. The van der Waals surface area contributed by atoms with E-state index in [1.807, 2.05) is 26.0 Å². The molecule has 0 saturated heterocycles. The van der Waals surface area contributed by atoms with E-state index in [9.17, 15) is 14.0 Å². The third-order valence-electron chi connectivity index (χ3n) is 5.39. The summed E-state index contributed by atoms with van der Waals surface area (Å²) in [6, 6.07) is 15.7.